The van der Waals surface area contributed by atoms with Crippen molar-refractivity contribution >= 4 is 87.8 Å². The lowest BCUT2D eigenvalue weighted by atomic mass is 9.74. The number of rotatable bonds is 2. The van der Waals surface area contributed by atoms with Crippen molar-refractivity contribution < 1.29 is 8.83 Å². The van der Waals surface area contributed by atoms with Gasteiger partial charge in [-0.3, -0.25) is 0 Å². The maximum absolute atomic E-state index is 6.60. The summed E-state index contributed by atoms with van der Waals surface area (Å²) < 4.78 is 13.2. The number of para-hydroxylation sites is 2. The van der Waals surface area contributed by atoms with E-state index in [0.717, 1.165) is 55.0 Å². The molecule has 10 aromatic rings. The zero-order valence-electron chi connectivity index (χ0n) is 28.1. The summed E-state index contributed by atoms with van der Waals surface area (Å²) in [5.41, 5.74) is 10.7. The van der Waals surface area contributed by atoms with Gasteiger partial charge in [0, 0.05) is 33.4 Å². The van der Waals surface area contributed by atoms with E-state index in [1.807, 2.05) is 24.3 Å². The fourth-order valence-corrected chi connectivity index (χ4v) is 9.16. The van der Waals surface area contributed by atoms with Gasteiger partial charge in [-0.25, -0.2) is 0 Å². The highest BCUT2D eigenvalue weighted by atomic mass is 16.3. The summed E-state index contributed by atoms with van der Waals surface area (Å²) in [6.07, 6.45) is 11.9. The molecule has 12 rings (SSSR count). The topological polar surface area (TPSA) is 26.3 Å². The number of hydrogen-bond donors (Lipinski definition) is 0. The summed E-state index contributed by atoms with van der Waals surface area (Å²) in [5, 5.41) is 12.3. The Bertz CT molecular complexity index is 3130. The molecule has 0 N–H and O–H groups in total. The Balaban J connectivity index is 0.968. The molecule has 0 amide bonds. The average Bonchev–Trinajstić information content (AvgIpc) is 3.77. The molecule has 242 valence electrons. The lowest BCUT2D eigenvalue weighted by Crippen LogP contribution is -2.14. The summed E-state index contributed by atoms with van der Waals surface area (Å²) in [7, 11) is 0. The van der Waals surface area contributed by atoms with Crippen LogP contribution in [-0.2, 0) is 0 Å². The van der Waals surface area contributed by atoms with Crippen LogP contribution in [0.1, 0.15) is 22.6 Å². The fourth-order valence-electron chi connectivity index (χ4n) is 9.16. The molecule has 0 saturated carbocycles. The van der Waals surface area contributed by atoms with Crippen molar-refractivity contribution in [1.29, 1.82) is 0 Å². The number of hydrogen-bond acceptors (Lipinski definition) is 2. The lowest BCUT2D eigenvalue weighted by molar-refractivity contribution is 0.658. The summed E-state index contributed by atoms with van der Waals surface area (Å²) in [6, 6.07) is 50.3. The van der Waals surface area contributed by atoms with Crippen molar-refractivity contribution in [2.75, 3.05) is 0 Å². The van der Waals surface area contributed by atoms with Crippen molar-refractivity contribution in [2.24, 2.45) is 5.92 Å². The van der Waals surface area contributed by atoms with Gasteiger partial charge in [-0.15, -0.1) is 0 Å². The molecule has 52 heavy (non-hydrogen) atoms. The van der Waals surface area contributed by atoms with E-state index >= 15 is 0 Å². The van der Waals surface area contributed by atoms with E-state index < -0.39 is 0 Å². The van der Waals surface area contributed by atoms with Gasteiger partial charge in [0.15, 0.2) is 0 Å². The molecule has 2 heteroatoms. The van der Waals surface area contributed by atoms with Crippen molar-refractivity contribution in [1.82, 2.24) is 0 Å². The largest absolute Gasteiger partial charge is 0.455 e. The lowest BCUT2D eigenvalue weighted by Gasteiger charge is -2.29. The van der Waals surface area contributed by atoms with Crippen LogP contribution in [0.15, 0.2) is 173 Å². The zero-order chi connectivity index (χ0) is 33.9. The minimum atomic E-state index is 0.274. The zero-order valence-corrected chi connectivity index (χ0v) is 28.1. The summed E-state index contributed by atoms with van der Waals surface area (Å²) >= 11 is 0. The first kappa shape index (κ1) is 28.1. The fraction of sp³-hybridized carbons (Fsp3) is 0.0400. The monoisotopic (exact) mass is 662 g/mol. The van der Waals surface area contributed by atoms with E-state index in [9.17, 15) is 0 Å². The third-order valence-corrected chi connectivity index (χ3v) is 11.6. The second kappa shape index (κ2) is 10.4. The van der Waals surface area contributed by atoms with Crippen molar-refractivity contribution in [3.8, 4) is 11.1 Å². The van der Waals surface area contributed by atoms with Crippen LogP contribution in [0.5, 0.6) is 0 Å². The van der Waals surface area contributed by atoms with Crippen LogP contribution in [-0.4, -0.2) is 0 Å². The van der Waals surface area contributed by atoms with Crippen LogP contribution < -0.4 is 0 Å². The van der Waals surface area contributed by atoms with Gasteiger partial charge in [0.1, 0.15) is 22.3 Å². The highest BCUT2D eigenvalue weighted by Gasteiger charge is 2.28. The van der Waals surface area contributed by atoms with E-state index in [1.54, 1.807) is 0 Å². The van der Waals surface area contributed by atoms with Gasteiger partial charge in [-0.2, -0.15) is 0 Å². The standard InChI is InChI=1S/C50H30O2/c1-2-11-38-36(9-1)37-10-3-4-12-39(37)43-27-30(20-24-40(38)43)29-19-22-34-31(25-29)17-18-32-26-33(21-23-35(32)34)48-49-44(41-13-5-7-15-46(41)51-49)28-45-42-14-6-8-16-47(42)52-50(45)48/h1-28,31,34H. The summed E-state index contributed by atoms with van der Waals surface area (Å²) in [5.74, 6) is 0.555. The molecule has 2 unspecified atom stereocenters. The van der Waals surface area contributed by atoms with Gasteiger partial charge in [0.2, 0.25) is 0 Å². The van der Waals surface area contributed by atoms with Crippen molar-refractivity contribution in [3.63, 3.8) is 0 Å². The summed E-state index contributed by atoms with van der Waals surface area (Å²) in [6.45, 7) is 0. The molecule has 2 nitrogen and oxygen atoms in total. The molecule has 0 aliphatic heterocycles. The minimum Gasteiger partial charge on any atom is -0.455 e. The SMILES string of the molecule is C1=CC2c3ccc(-c4c5oc6ccccc6c5cc5c4oc4ccccc45)cc3C=CC2C=C1c1ccc2c3ccccc3c3ccccc3c2c1. The molecular weight excluding hydrogens is 633 g/mol. The van der Waals surface area contributed by atoms with Crippen molar-refractivity contribution in [2.45, 2.75) is 5.92 Å². The van der Waals surface area contributed by atoms with Gasteiger partial charge in [0.25, 0.3) is 0 Å². The molecule has 2 aromatic heterocycles. The van der Waals surface area contributed by atoms with E-state index in [-0.39, 0.29) is 11.8 Å². The Morgan fingerprint density at radius 1 is 0.404 bits per heavy atom. The smallest absolute Gasteiger partial charge is 0.147 e. The van der Waals surface area contributed by atoms with E-state index in [1.165, 1.54) is 54.6 Å². The quantitative estimate of drug-likeness (QED) is 0.172. The first-order valence-electron chi connectivity index (χ1n) is 18.1. The van der Waals surface area contributed by atoms with Crippen LogP contribution in [0.4, 0.5) is 0 Å². The average molecular weight is 663 g/mol. The van der Waals surface area contributed by atoms with Crippen LogP contribution in [0.3, 0.4) is 0 Å². The third kappa shape index (κ3) is 3.89. The molecule has 2 aliphatic carbocycles. The molecule has 2 heterocycles. The first-order valence-corrected chi connectivity index (χ1v) is 18.1. The van der Waals surface area contributed by atoms with E-state index in [4.69, 9.17) is 8.83 Å². The minimum absolute atomic E-state index is 0.274. The van der Waals surface area contributed by atoms with Gasteiger partial charge in [0.05, 0.1) is 5.56 Å². The maximum Gasteiger partial charge on any atom is 0.147 e. The third-order valence-electron chi connectivity index (χ3n) is 11.6. The van der Waals surface area contributed by atoms with Crippen LogP contribution >= 0.6 is 0 Å². The Morgan fingerprint density at radius 3 is 1.62 bits per heavy atom. The second-order valence-corrected chi connectivity index (χ2v) is 14.3. The number of fused-ring (bicyclic) bond motifs is 15. The molecule has 0 spiro atoms. The molecular formula is C50H30O2. The Labute approximate surface area is 299 Å². The van der Waals surface area contributed by atoms with Gasteiger partial charge < -0.3 is 8.83 Å². The van der Waals surface area contributed by atoms with Crippen LogP contribution in [0.2, 0.25) is 0 Å². The molecule has 0 bridgehead atoms. The Hall–Kier alpha value is -6.64. The highest BCUT2D eigenvalue weighted by molar-refractivity contribution is 6.26. The first-order chi connectivity index (χ1) is 25.8. The normalized spacial score (nSPS) is 16.8. The van der Waals surface area contributed by atoms with Gasteiger partial charge in [-0.1, -0.05) is 140 Å². The van der Waals surface area contributed by atoms with Crippen molar-refractivity contribution in [3.05, 3.63) is 181 Å². The molecule has 2 aliphatic rings. The molecule has 0 saturated heterocycles. The predicted octanol–water partition coefficient (Wildman–Crippen LogP) is 14.0. The molecule has 0 radical (unpaired) electrons. The van der Waals surface area contributed by atoms with Gasteiger partial charge in [-0.05, 0) is 90.5 Å². The summed E-state index contributed by atoms with van der Waals surface area (Å²) in [4.78, 5) is 0. The predicted molar refractivity (Wildman–Crippen MR) is 218 cm³/mol. The highest BCUT2D eigenvalue weighted by Crippen LogP contribution is 2.47. The molecule has 2 atom stereocenters. The number of furan rings is 2. The number of allylic oxidation sites excluding steroid dienone is 5. The molecule has 0 fully saturated rings. The van der Waals surface area contributed by atoms with E-state index in [0.29, 0.717) is 0 Å². The Morgan fingerprint density at radius 2 is 0.962 bits per heavy atom. The van der Waals surface area contributed by atoms with E-state index in [2.05, 4.69) is 146 Å². The van der Waals surface area contributed by atoms with Gasteiger partial charge >= 0.3 is 0 Å². The molecule has 8 aromatic carbocycles. The Kier molecular flexibility index (Phi) is 5.64. The second-order valence-electron chi connectivity index (χ2n) is 14.3. The number of benzene rings is 8. The maximum atomic E-state index is 6.60. The van der Waals surface area contributed by atoms with Crippen LogP contribution in [0.25, 0.3) is 99.0 Å². The van der Waals surface area contributed by atoms with Crippen LogP contribution in [0, 0.1) is 5.92 Å².